The molecule has 3 rings (SSSR count). The summed E-state index contributed by atoms with van der Waals surface area (Å²) in [7, 11) is 0. The molecule has 3 heterocycles. The van der Waals surface area contributed by atoms with Crippen LogP contribution in [0.15, 0.2) is 24.5 Å². The van der Waals surface area contributed by atoms with E-state index >= 15 is 0 Å². The highest BCUT2D eigenvalue weighted by Crippen LogP contribution is 2.17. The summed E-state index contributed by atoms with van der Waals surface area (Å²) in [5.74, 6) is 1.99. The van der Waals surface area contributed by atoms with E-state index in [0.717, 1.165) is 24.7 Å². The first-order valence-electron chi connectivity index (χ1n) is 6.94. The molecule has 2 aromatic rings. The fourth-order valence-electron chi connectivity index (χ4n) is 2.64. The van der Waals surface area contributed by atoms with Gasteiger partial charge in [0.25, 0.3) is 0 Å². The zero-order valence-corrected chi connectivity index (χ0v) is 11.9. The highest BCUT2D eigenvalue weighted by molar-refractivity contribution is 5.76. The quantitative estimate of drug-likeness (QED) is 0.849. The lowest BCUT2D eigenvalue weighted by atomic mass is 10.2. The first kappa shape index (κ1) is 12.9. The fourth-order valence-corrected chi connectivity index (χ4v) is 2.64. The molecule has 6 nitrogen and oxygen atoms in total. The van der Waals surface area contributed by atoms with E-state index in [1.54, 1.807) is 0 Å². The SMILES string of the molecule is Cc1nnc2n1CCN(C(=O)C[C@H](C)n1cccc1)C2. The number of carbonyl (C=O) groups is 1. The smallest absolute Gasteiger partial charge is 0.225 e. The first-order chi connectivity index (χ1) is 9.65. The van der Waals surface area contributed by atoms with Gasteiger partial charge in [0.1, 0.15) is 5.82 Å². The van der Waals surface area contributed by atoms with Crippen LogP contribution < -0.4 is 0 Å². The van der Waals surface area contributed by atoms with E-state index in [-0.39, 0.29) is 11.9 Å². The Hall–Kier alpha value is -2.11. The monoisotopic (exact) mass is 273 g/mol. The molecule has 0 aliphatic carbocycles. The van der Waals surface area contributed by atoms with Gasteiger partial charge in [-0.05, 0) is 26.0 Å². The maximum Gasteiger partial charge on any atom is 0.225 e. The molecule has 1 aliphatic rings. The van der Waals surface area contributed by atoms with Crippen LogP contribution in [-0.4, -0.2) is 36.7 Å². The summed E-state index contributed by atoms with van der Waals surface area (Å²) in [4.78, 5) is 14.3. The van der Waals surface area contributed by atoms with E-state index in [9.17, 15) is 4.79 Å². The first-order valence-corrected chi connectivity index (χ1v) is 6.94. The minimum absolute atomic E-state index is 0.179. The van der Waals surface area contributed by atoms with Gasteiger partial charge in [0, 0.05) is 37.9 Å². The number of hydrogen-bond donors (Lipinski definition) is 0. The molecule has 2 aromatic heterocycles. The molecule has 0 saturated carbocycles. The molecule has 1 aliphatic heterocycles. The van der Waals surface area contributed by atoms with Crippen molar-refractivity contribution in [2.75, 3.05) is 6.54 Å². The van der Waals surface area contributed by atoms with Gasteiger partial charge >= 0.3 is 0 Å². The van der Waals surface area contributed by atoms with Crippen molar-refractivity contribution >= 4 is 5.91 Å². The van der Waals surface area contributed by atoms with E-state index in [1.165, 1.54) is 0 Å². The second-order valence-corrected chi connectivity index (χ2v) is 5.31. The van der Waals surface area contributed by atoms with Crippen molar-refractivity contribution in [3.05, 3.63) is 36.2 Å². The number of fused-ring (bicyclic) bond motifs is 1. The highest BCUT2D eigenvalue weighted by atomic mass is 16.2. The van der Waals surface area contributed by atoms with Crippen LogP contribution in [0.4, 0.5) is 0 Å². The molecule has 0 radical (unpaired) electrons. The normalized spacial score (nSPS) is 16.0. The molecule has 1 atom stereocenters. The van der Waals surface area contributed by atoms with Gasteiger partial charge in [-0.25, -0.2) is 0 Å². The third-order valence-electron chi connectivity index (χ3n) is 3.90. The number of amides is 1. The van der Waals surface area contributed by atoms with E-state index in [1.807, 2.05) is 36.4 Å². The number of rotatable bonds is 3. The third kappa shape index (κ3) is 2.33. The van der Waals surface area contributed by atoms with E-state index in [2.05, 4.69) is 26.3 Å². The lowest BCUT2D eigenvalue weighted by molar-refractivity contribution is -0.133. The summed E-state index contributed by atoms with van der Waals surface area (Å²) < 4.78 is 4.15. The maximum atomic E-state index is 12.4. The zero-order chi connectivity index (χ0) is 14.1. The molecule has 0 N–H and O–H groups in total. The Bertz CT molecular complexity index is 601. The Balaban J connectivity index is 1.64. The molecule has 0 unspecified atom stereocenters. The van der Waals surface area contributed by atoms with Crippen molar-refractivity contribution in [3.8, 4) is 0 Å². The minimum atomic E-state index is 0.179. The topological polar surface area (TPSA) is 56.0 Å². The Morgan fingerprint density at radius 3 is 2.80 bits per heavy atom. The molecular weight excluding hydrogens is 254 g/mol. The largest absolute Gasteiger partial charge is 0.351 e. The average Bonchev–Trinajstić information content (AvgIpc) is 3.08. The number of aromatic nitrogens is 4. The van der Waals surface area contributed by atoms with Crippen molar-refractivity contribution in [1.82, 2.24) is 24.2 Å². The molecular formula is C14H19N5O. The van der Waals surface area contributed by atoms with Gasteiger partial charge in [0.15, 0.2) is 5.82 Å². The van der Waals surface area contributed by atoms with E-state index in [0.29, 0.717) is 13.0 Å². The van der Waals surface area contributed by atoms with Gasteiger partial charge in [0.05, 0.1) is 6.54 Å². The Morgan fingerprint density at radius 1 is 1.30 bits per heavy atom. The van der Waals surface area contributed by atoms with Crippen LogP contribution in [0, 0.1) is 6.92 Å². The Morgan fingerprint density at radius 2 is 2.05 bits per heavy atom. The lowest BCUT2D eigenvalue weighted by Gasteiger charge is -2.28. The van der Waals surface area contributed by atoms with Gasteiger partial charge < -0.3 is 14.0 Å². The molecule has 6 heteroatoms. The number of aryl methyl sites for hydroxylation is 1. The molecule has 106 valence electrons. The highest BCUT2D eigenvalue weighted by Gasteiger charge is 2.24. The fraction of sp³-hybridized carbons (Fsp3) is 0.500. The summed E-state index contributed by atoms with van der Waals surface area (Å²) in [6.45, 7) is 6.11. The second-order valence-electron chi connectivity index (χ2n) is 5.31. The molecule has 20 heavy (non-hydrogen) atoms. The predicted octanol–water partition coefficient (Wildman–Crippen LogP) is 1.38. The summed E-state index contributed by atoms with van der Waals surface area (Å²) in [5.41, 5.74) is 0. The molecule has 0 bridgehead atoms. The van der Waals surface area contributed by atoms with Gasteiger partial charge in [-0.2, -0.15) is 0 Å². The van der Waals surface area contributed by atoms with Crippen molar-refractivity contribution in [1.29, 1.82) is 0 Å². The number of carbonyl (C=O) groups excluding carboxylic acids is 1. The summed E-state index contributed by atoms with van der Waals surface area (Å²) in [5, 5.41) is 8.20. The van der Waals surface area contributed by atoms with Crippen LogP contribution in [0.5, 0.6) is 0 Å². The summed E-state index contributed by atoms with van der Waals surface area (Å²) in [6, 6.07) is 4.14. The van der Waals surface area contributed by atoms with Crippen molar-refractivity contribution in [2.45, 2.75) is 39.4 Å². The number of nitrogens with zero attached hydrogens (tertiary/aromatic N) is 5. The second kappa shape index (κ2) is 5.11. The predicted molar refractivity (Wildman–Crippen MR) is 73.9 cm³/mol. The summed E-state index contributed by atoms with van der Waals surface area (Å²) >= 11 is 0. The zero-order valence-electron chi connectivity index (χ0n) is 11.9. The Labute approximate surface area is 118 Å². The molecule has 0 spiro atoms. The third-order valence-corrected chi connectivity index (χ3v) is 3.90. The van der Waals surface area contributed by atoms with Crippen LogP contribution >= 0.6 is 0 Å². The van der Waals surface area contributed by atoms with Crippen LogP contribution in [0.1, 0.15) is 31.0 Å². The minimum Gasteiger partial charge on any atom is -0.351 e. The van der Waals surface area contributed by atoms with Gasteiger partial charge in [0.2, 0.25) is 5.91 Å². The van der Waals surface area contributed by atoms with Crippen molar-refractivity contribution in [3.63, 3.8) is 0 Å². The lowest BCUT2D eigenvalue weighted by Crippen LogP contribution is -2.39. The summed E-state index contributed by atoms with van der Waals surface area (Å²) in [6.07, 6.45) is 4.50. The van der Waals surface area contributed by atoms with Crippen molar-refractivity contribution in [2.24, 2.45) is 0 Å². The van der Waals surface area contributed by atoms with Crippen LogP contribution in [0.2, 0.25) is 0 Å². The molecule has 0 aromatic carbocycles. The number of hydrogen-bond acceptors (Lipinski definition) is 3. The standard InChI is InChI=1S/C14H19N5O/c1-11(17-5-3-4-6-17)9-14(20)18-7-8-19-12(2)15-16-13(19)10-18/h3-6,11H,7-10H2,1-2H3/t11-/m0/s1. The van der Waals surface area contributed by atoms with Crippen LogP contribution in [0.3, 0.4) is 0 Å². The van der Waals surface area contributed by atoms with E-state index < -0.39 is 0 Å². The van der Waals surface area contributed by atoms with Crippen LogP contribution in [0.25, 0.3) is 0 Å². The van der Waals surface area contributed by atoms with Gasteiger partial charge in [-0.15, -0.1) is 10.2 Å². The van der Waals surface area contributed by atoms with Gasteiger partial charge in [-0.3, -0.25) is 4.79 Å². The molecule has 0 saturated heterocycles. The van der Waals surface area contributed by atoms with Crippen LogP contribution in [-0.2, 0) is 17.9 Å². The molecule has 1 amide bonds. The average molecular weight is 273 g/mol. The van der Waals surface area contributed by atoms with Gasteiger partial charge in [-0.1, -0.05) is 0 Å². The molecule has 0 fully saturated rings. The van der Waals surface area contributed by atoms with E-state index in [4.69, 9.17) is 0 Å². The maximum absolute atomic E-state index is 12.4. The Kier molecular flexibility index (Phi) is 3.30. The van der Waals surface area contributed by atoms with Crippen molar-refractivity contribution < 1.29 is 4.79 Å².